The van der Waals surface area contributed by atoms with Crippen LogP contribution < -0.4 is 14.9 Å². The number of ether oxygens (including phenoxy) is 3. The van der Waals surface area contributed by atoms with E-state index in [-0.39, 0.29) is 24.5 Å². The zero-order valence-electron chi connectivity index (χ0n) is 17.1. The van der Waals surface area contributed by atoms with Gasteiger partial charge in [-0.15, -0.1) is 0 Å². The first-order valence-corrected chi connectivity index (χ1v) is 9.68. The minimum absolute atomic E-state index is 0.0995. The minimum atomic E-state index is -0.897. The Balaban J connectivity index is 1.86. The predicted molar refractivity (Wildman–Crippen MR) is 109 cm³/mol. The maximum atomic E-state index is 9.78. The second-order valence-electron chi connectivity index (χ2n) is 7.40. The Kier molecular flexibility index (Phi) is 6.75. The van der Waals surface area contributed by atoms with E-state index in [1.807, 2.05) is 33.8 Å². The van der Waals surface area contributed by atoms with Crippen molar-refractivity contribution in [3.8, 4) is 23.6 Å². The highest BCUT2D eigenvalue weighted by Gasteiger charge is 2.27. The molecule has 0 bridgehead atoms. The Hall–Kier alpha value is -2.60. The van der Waals surface area contributed by atoms with Crippen molar-refractivity contribution in [1.82, 2.24) is 4.98 Å². The summed E-state index contributed by atoms with van der Waals surface area (Å²) in [4.78, 5) is 4.48. The SMILES string of the molecule is CC(C)OCCOc1nc(Oc2ccc3c(c2)COB3O)c(C(C)C)cc1C#N. The standard InChI is InChI=1S/C21H25BN2O5/c1-13(2)18-10-15(11-23)20(27-8-7-26-14(3)4)24-21(18)29-17-5-6-19-16(9-17)12-28-22(19)25/h5-6,9-10,13-14,25H,7-8,12H2,1-4H3. The Labute approximate surface area is 171 Å². The molecule has 3 rings (SSSR count). The third-order valence-electron chi connectivity index (χ3n) is 4.49. The van der Waals surface area contributed by atoms with Gasteiger partial charge in [-0.2, -0.15) is 10.2 Å². The number of nitrogens with zero attached hydrogens (tertiary/aromatic N) is 2. The lowest BCUT2D eigenvalue weighted by molar-refractivity contribution is 0.0540. The summed E-state index contributed by atoms with van der Waals surface area (Å²) >= 11 is 0. The lowest BCUT2D eigenvalue weighted by Gasteiger charge is -2.16. The van der Waals surface area contributed by atoms with Crippen LogP contribution in [0.15, 0.2) is 24.3 Å². The van der Waals surface area contributed by atoms with Gasteiger partial charge >= 0.3 is 7.12 Å². The molecule has 1 aromatic heterocycles. The summed E-state index contributed by atoms with van der Waals surface area (Å²) in [5.74, 6) is 1.29. The van der Waals surface area contributed by atoms with Crippen molar-refractivity contribution in [3.05, 3.63) is 41.0 Å². The maximum absolute atomic E-state index is 9.78. The normalized spacial score (nSPS) is 13.0. The Morgan fingerprint density at radius 1 is 1.21 bits per heavy atom. The average molecular weight is 396 g/mol. The molecular weight excluding hydrogens is 371 g/mol. The van der Waals surface area contributed by atoms with Crippen LogP contribution >= 0.6 is 0 Å². The first kappa shape index (κ1) is 21.1. The number of pyridine rings is 1. The average Bonchev–Trinajstić information content (AvgIpc) is 3.05. The van der Waals surface area contributed by atoms with Crippen LogP contribution in [-0.2, 0) is 16.0 Å². The first-order valence-electron chi connectivity index (χ1n) is 9.68. The molecule has 29 heavy (non-hydrogen) atoms. The topological polar surface area (TPSA) is 93.8 Å². The molecule has 1 aromatic carbocycles. The molecule has 2 heterocycles. The molecule has 0 radical (unpaired) electrons. The molecule has 0 spiro atoms. The smallest absolute Gasteiger partial charge is 0.474 e. The monoisotopic (exact) mass is 396 g/mol. The zero-order valence-corrected chi connectivity index (χ0v) is 17.1. The van der Waals surface area contributed by atoms with Crippen molar-refractivity contribution < 1.29 is 23.9 Å². The van der Waals surface area contributed by atoms with Crippen LogP contribution in [0.1, 0.15) is 50.3 Å². The van der Waals surface area contributed by atoms with Crippen LogP contribution in [0.3, 0.4) is 0 Å². The molecule has 7 nitrogen and oxygen atoms in total. The third-order valence-corrected chi connectivity index (χ3v) is 4.49. The van der Waals surface area contributed by atoms with Gasteiger partial charge in [-0.05, 0) is 49.0 Å². The van der Waals surface area contributed by atoms with Gasteiger partial charge in [0.1, 0.15) is 24.0 Å². The lowest BCUT2D eigenvalue weighted by Crippen LogP contribution is -2.27. The van der Waals surface area contributed by atoms with Crippen LogP contribution in [-0.4, -0.2) is 36.4 Å². The molecule has 0 fully saturated rings. The van der Waals surface area contributed by atoms with Gasteiger partial charge in [-0.25, -0.2) is 0 Å². The highest BCUT2D eigenvalue weighted by atomic mass is 16.5. The summed E-state index contributed by atoms with van der Waals surface area (Å²) in [5, 5.41) is 19.3. The quantitative estimate of drug-likeness (QED) is 0.542. The zero-order chi connectivity index (χ0) is 21.0. The molecule has 0 saturated carbocycles. The number of aromatic nitrogens is 1. The Bertz CT molecular complexity index is 911. The Morgan fingerprint density at radius 3 is 2.69 bits per heavy atom. The van der Waals surface area contributed by atoms with Gasteiger partial charge in [0, 0.05) is 5.56 Å². The van der Waals surface area contributed by atoms with E-state index in [1.54, 1.807) is 18.2 Å². The maximum Gasteiger partial charge on any atom is 0.491 e. The van der Waals surface area contributed by atoms with Crippen molar-refractivity contribution >= 4 is 12.6 Å². The van der Waals surface area contributed by atoms with E-state index in [0.717, 1.165) is 16.6 Å². The summed E-state index contributed by atoms with van der Waals surface area (Å²) in [6.07, 6.45) is 0.103. The summed E-state index contributed by atoms with van der Waals surface area (Å²) in [5.41, 5.74) is 2.78. The molecule has 2 aromatic rings. The van der Waals surface area contributed by atoms with E-state index in [0.29, 0.717) is 30.4 Å². The van der Waals surface area contributed by atoms with Crippen molar-refractivity contribution in [2.75, 3.05) is 13.2 Å². The van der Waals surface area contributed by atoms with Crippen molar-refractivity contribution in [3.63, 3.8) is 0 Å². The summed E-state index contributed by atoms with van der Waals surface area (Å²) in [6, 6.07) is 9.27. The number of hydrogen-bond donors (Lipinski definition) is 1. The van der Waals surface area contributed by atoms with E-state index in [1.165, 1.54) is 0 Å². The fourth-order valence-electron chi connectivity index (χ4n) is 2.99. The summed E-state index contributed by atoms with van der Waals surface area (Å²) in [6.45, 7) is 8.93. The first-order chi connectivity index (χ1) is 13.9. The number of fused-ring (bicyclic) bond motifs is 1. The molecule has 8 heteroatoms. The van der Waals surface area contributed by atoms with Crippen molar-refractivity contribution in [2.45, 2.75) is 46.3 Å². The van der Waals surface area contributed by atoms with E-state index < -0.39 is 7.12 Å². The number of benzene rings is 1. The third kappa shape index (κ3) is 5.07. The lowest BCUT2D eigenvalue weighted by atomic mass is 9.80. The van der Waals surface area contributed by atoms with Gasteiger partial charge in [0.15, 0.2) is 0 Å². The highest BCUT2D eigenvalue weighted by Crippen LogP contribution is 2.33. The minimum Gasteiger partial charge on any atom is -0.474 e. The van der Waals surface area contributed by atoms with Crippen LogP contribution in [0.25, 0.3) is 0 Å². The van der Waals surface area contributed by atoms with Gasteiger partial charge in [-0.3, -0.25) is 0 Å². The molecule has 0 aliphatic carbocycles. The fourth-order valence-corrected chi connectivity index (χ4v) is 2.99. The van der Waals surface area contributed by atoms with Gasteiger partial charge in [-0.1, -0.05) is 19.9 Å². The van der Waals surface area contributed by atoms with Gasteiger partial charge in [0.25, 0.3) is 0 Å². The predicted octanol–water partition coefficient (Wildman–Crippen LogP) is 2.89. The van der Waals surface area contributed by atoms with E-state index >= 15 is 0 Å². The van der Waals surface area contributed by atoms with Crippen molar-refractivity contribution in [1.29, 1.82) is 5.26 Å². The largest absolute Gasteiger partial charge is 0.491 e. The number of nitriles is 1. The Morgan fingerprint density at radius 2 is 2.00 bits per heavy atom. The molecule has 1 aliphatic heterocycles. The number of hydrogen-bond acceptors (Lipinski definition) is 7. The molecule has 1 aliphatic rings. The molecule has 0 unspecified atom stereocenters. The van der Waals surface area contributed by atoms with Gasteiger partial charge < -0.3 is 23.9 Å². The van der Waals surface area contributed by atoms with Gasteiger partial charge in [0.2, 0.25) is 11.8 Å². The summed E-state index contributed by atoms with van der Waals surface area (Å²) < 4.78 is 22.4. The van der Waals surface area contributed by atoms with Crippen LogP contribution in [0, 0.1) is 11.3 Å². The molecule has 0 saturated heterocycles. The van der Waals surface area contributed by atoms with E-state index in [9.17, 15) is 10.3 Å². The second-order valence-corrected chi connectivity index (χ2v) is 7.40. The molecule has 1 N–H and O–H groups in total. The highest BCUT2D eigenvalue weighted by molar-refractivity contribution is 6.61. The van der Waals surface area contributed by atoms with Crippen molar-refractivity contribution in [2.24, 2.45) is 0 Å². The van der Waals surface area contributed by atoms with Crippen LogP contribution in [0.4, 0.5) is 0 Å². The van der Waals surface area contributed by atoms with E-state index in [4.69, 9.17) is 18.9 Å². The fraction of sp³-hybridized carbons (Fsp3) is 0.429. The molecular formula is C21H25BN2O5. The molecule has 152 valence electrons. The molecule has 0 atom stereocenters. The summed E-state index contributed by atoms with van der Waals surface area (Å²) in [7, 11) is -0.897. The van der Waals surface area contributed by atoms with Crippen LogP contribution in [0.5, 0.6) is 17.5 Å². The number of rotatable bonds is 8. The van der Waals surface area contributed by atoms with Crippen LogP contribution in [0.2, 0.25) is 0 Å². The van der Waals surface area contributed by atoms with Gasteiger partial charge in [0.05, 0.1) is 19.3 Å². The molecule has 0 amide bonds. The van der Waals surface area contributed by atoms with E-state index in [2.05, 4.69) is 11.1 Å². The second kappa shape index (κ2) is 9.27.